The second-order valence-corrected chi connectivity index (χ2v) is 6.04. The van der Waals surface area contributed by atoms with Crippen molar-refractivity contribution in [2.24, 2.45) is 5.10 Å². The van der Waals surface area contributed by atoms with Gasteiger partial charge in [0.2, 0.25) is 5.82 Å². The number of hydrogen-bond acceptors (Lipinski definition) is 7. The van der Waals surface area contributed by atoms with Gasteiger partial charge in [-0.15, -0.1) is 10.2 Å². The third-order valence-corrected chi connectivity index (χ3v) is 3.85. The molecule has 0 aliphatic rings. The first-order valence-corrected chi connectivity index (χ1v) is 8.69. The van der Waals surface area contributed by atoms with Gasteiger partial charge in [0.25, 0.3) is 5.91 Å². The number of aromatic nitrogens is 4. The zero-order chi connectivity index (χ0) is 20.6. The summed E-state index contributed by atoms with van der Waals surface area (Å²) in [5.74, 6) is -0.943. The van der Waals surface area contributed by atoms with Crippen LogP contribution in [0.2, 0.25) is 5.02 Å². The molecule has 0 fully saturated rings. The van der Waals surface area contributed by atoms with Gasteiger partial charge in [0.1, 0.15) is 12.3 Å². The van der Waals surface area contributed by atoms with E-state index in [2.05, 4.69) is 25.9 Å². The minimum atomic E-state index is -1.10. The van der Waals surface area contributed by atoms with E-state index in [4.69, 9.17) is 21.4 Å². The van der Waals surface area contributed by atoms with E-state index < -0.39 is 18.5 Å². The minimum Gasteiger partial charge on any atom is -0.481 e. The first-order chi connectivity index (χ1) is 14.0. The average molecular weight is 415 g/mol. The Labute approximate surface area is 169 Å². The standard InChI is InChI=1S/C18H15ClN6O4/c19-14-7-3-2-6-13(14)18-22-24-25(23-18)10-16(26)21-20-9-12-5-1-4-8-15(12)29-11-17(27)28/h1-9H,10-11H2,(H,21,26)(H,27,28). The molecule has 0 bridgehead atoms. The molecule has 2 aromatic carbocycles. The summed E-state index contributed by atoms with van der Waals surface area (Å²) < 4.78 is 5.16. The summed E-state index contributed by atoms with van der Waals surface area (Å²) in [4.78, 5) is 23.8. The molecule has 1 aromatic heterocycles. The lowest BCUT2D eigenvalue weighted by atomic mass is 10.2. The Hall–Kier alpha value is -3.79. The van der Waals surface area contributed by atoms with Crippen LogP contribution >= 0.6 is 11.6 Å². The van der Waals surface area contributed by atoms with E-state index >= 15 is 0 Å². The number of ether oxygens (including phenoxy) is 1. The van der Waals surface area contributed by atoms with Crippen LogP contribution in [0.3, 0.4) is 0 Å². The topological polar surface area (TPSA) is 132 Å². The maximum absolute atomic E-state index is 12.0. The molecule has 0 aliphatic heterocycles. The maximum atomic E-state index is 12.0. The number of carbonyl (C=O) groups is 2. The highest BCUT2D eigenvalue weighted by molar-refractivity contribution is 6.33. The fourth-order valence-corrected chi connectivity index (χ4v) is 2.48. The number of rotatable bonds is 8. The van der Waals surface area contributed by atoms with Crippen LogP contribution in [0.25, 0.3) is 11.4 Å². The minimum absolute atomic E-state index is 0.202. The predicted octanol–water partition coefficient (Wildman–Crippen LogP) is 1.61. The van der Waals surface area contributed by atoms with Crippen LogP contribution < -0.4 is 10.2 Å². The highest BCUT2D eigenvalue weighted by Crippen LogP contribution is 2.23. The number of benzene rings is 2. The van der Waals surface area contributed by atoms with Gasteiger partial charge >= 0.3 is 5.97 Å². The van der Waals surface area contributed by atoms with Gasteiger partial charge < -0.3 is 9.84 Å². The monoisotopic (exact) mass is 414 g/mol. The van der Waals surface area contributed by atoms with Crippen LogP contribution in [0, 0.1) is 0 Å². The highest BCUT2D eigenvalue weighted by Gasteiger charge is 2.11. The lowest BCUT2D eigenvalue weighted by Crippen LogP contribution is -2.24. The van der Waals surface area contributed by atoms with Crippen molar-refractivity contribution in [3.8, 4) is 17.1 Å². The van der Waals surface area contributed by atoms with E-state index in [0.29, 0.717) is 27.7 Å². The number of para-hydroxylation sites is 1. The molecule has 29 heavy (non-hydrogen) atoms. The van der Waals surface area contributed by atoms with Crippen LogP contribution in [0.1, 0.15) is 5.56 Å². The smallest absolute Gasteiger partial charge is 0.341 e. The van der Waals surface area contributed by atoms with Crippen molar-refractivity contribution >= 4 is 29.7 Å². The molecule has 11 heteroatoms. The number of nitrogens with zero attached hydrogens (tertiary/aromatic N) is 5. The van der Waals surface area contributed by atoms with Gasteiger partial charge in [-0.05, 0) is 29.5 Å². The molecular formula is C18H15ClN6O4. The van der Waals surface area contributed by atoms with Gasteiger partial charge in [0, 0.05) is 11.1 Å². The molecule has 1 heterocycles. The Morgan fingerprint density at radius 1 is 1.21 bits per heavy atom. The molecule has 0 radical (unpaired) electrons. The number of carboxylic acids is 1. The van der Waals surface area contributed by atoms with Crippen molar-refractivity contribution in [1.82, 2.24) is 25.6 Å². The van der Waals surface area contributed by atoms with Gasteiger partial charge in [0.05, 0.1) is 11.2 Å². The number of amides is 1. The Kier molecular flexibility index (Phi) is 6.48. The molecule has 0 unspecified atom stereocenters. The van der Waals surface area contributed by atoms with Gasteiger partial charge in [-0.3, -0.25) is 4.79 Å². The fourth-order valence-electron chi connectivity index (χ4n) is 2.26. The van der Waals surface area contributed by atoms with E-state index in [1.807, 2.05) is 0 Å². The Bertz CT molecular complexity index is 1050. The summed E-state index contributed by atoms with van der Waals surface area (Å²) in [5, 5.41) is 24.9. The zero-order valence-electron chi connectivity index (χ0n) is 14.9. The number of carbonyl (C=O) groups excluding carboxylic acids is 1. The van der Waals surface area contributed by atoms with E-state index in [-0.39, 0.29) is 6.54 Å². The molecule has 1 amide bonds. The van der Waals surface area contributed by atoms with Crippen LogP contribution in [-0.2, 0) is 16.1 Å². The van der Waals surface area contributed by atoms with Gasteiger partial charge in [-0.2, -0.15) is 9.90 Å². The van der Waals surface area contributed by atoms with Crippen LogP contribution in [0.15, 0.2) is 53.6 Å². The Morgan fingerprint density at radius 3 is 2.76 bits per heavy atom. The number of aliphatic carboxylic acids is 1. The quantitative estimate of drug-likeness (QED) is 0.422. The molecule has 0 atom stereocenters. The second-order valence-electron chi connectivity index (χ2n) is 5.64. The Balaban J connectivity index is 1.58. The molecule has 3 rings (SSSR count). The van der Waals surface area contributed by atoms with Gasteiger partial charge in [-0.1, -0.05) is 35.9 Å². The van der Waals surface area contributed by atoms with Crippen molar-refractivity contribution in [3.63, 3.8) is 0 Å². The number of hydrazone groups is 1. The summed E-state index contributed by atoms with van der Waals surface area (Å²) in [7, 11) is 0. The molecular weight excluding hydrogens is 400 g/mol. The summed E-state index contributed by atoms with van der Waals surface area (Å²) in [6.45, 7) is -0.686. The summed E-state index contributed by atoms with van der Waals surface area (Å²) in [5.41, 5.74) is 3.45. The molecule has 0 saturated heterocycles. The number of tetrazole rings is 1. The largest absolute Gasteiger partial charge is 0.481 e. The number of nitrogens with one attached hydrogen (secondary N) is 1. The molecule has 0 spiro atoms. The van der Waals surface area contributed by atoms with E-state index in [1.165, 1.54) is 6.21 Å². The second kappa shape index (κ2) is 9.42. The lowest BCUT2D eigenvalue weighted by Gasteiger charge is -2.06. The normalized spacial score (nSPS) is 10.8. The van der Waals surface area contributed by atoms with Crippen LogP contribution in [0.5, 0.6) is 5.75 Å². The Morgan fingerprint density at radius 2 is 1.97 bits per heavy atom. The van der Waals surface area contributed by atoms with Crippen LogP contribution in [-0.4, -0.2) is 50.0 Å². The highest BCUT2D eigenvalue weighted by atomic mass is 35.5. The first-order valence-electron chi connectivity index (χ1n) is 8.31. The number of carboxylic acid groups (broad SMARTS) is 1. The molecule has 10 nitrogen and oxygen atoms in total. The SMILES string of the molecule is O=C(O)COc1ccccc1C=NNC(=O)Cn1nnc(-c2ccccc2Cl)n1. The average Bonchev–Trinajstić information content (AvgIpc) is 3.15. The predicted molar refractivity (Wildman–Crippen MR) is 104 cm³/mol. The zero-order valence-corrected chi connectivity index (χ0v) is 15.7. The molecule has 2 N–H and O–H groups in total. The lowest BCUT2D eigenvalue weighted by molar-refractivity contribution is -0.139. The summed E-state index contributed by atoms with van der Waals surface area (Å²) in [6.07, 6.45) is 1.35. The number of halogens is 1. The van der Waals surface area contributed by atoms with Crippen molar-refractivity contribution < 1.29 is 19.4 Å². The van der Waals surface area contributed by atoms with E-state index in [9.17, 15) is 9.59 Å². The van der Waals surface area contributed by atoms with Crippen molar-refractivity contribution in [1.29, 1.82) is 0 Å². The third kappa shape index (κ3) is 5.59. The molecule has 148 valence electrons. The third-order valence-electron chi connectivity index (χ3n) is 3.52. The number of hydrogen-bond donors (Lipinski definition) is 2. The first kappa shape index (κ1) is 20.0. The van der Waals surface area contributed by atoms with Crippen molar-refractivity contribution in [2.75, 3.05) is 6.61 Å². The van der Waals surface area contributed by atoms with Gasteiger partial charge in [0.15, 0.2) is 6.61 Å². The van der Waals surface area contributed by atoms with E-state index in [1.54, 1.807) is 48.5 Å². The van der Waals surface area contributed by atoms with Gasteiger partial charge in [-0.25, -0.2) is 10.2 Å². The summed E-state index contributed by atoms with van der Waals surface area (Å²) in [6, 6.07) is 13.7. The maximum Gasteiger partial charge on any atom is 0.341 e. The summed E-state index contributed by atoms with van der Waals surface area (Å²) >= 11 is 6.09. The molecule has 0 saturated carbocycles. The fraction of sp³-hybridized carbons (Fsp3) is 0.111. The van der Waals surface area contributed by atoms with Crippen molar-refractivity contribution in [2.45, 2.75) is 6.54 Å². The van der Waals surface area contributed by atoms with Crippen LogP contribution in [0.4, 0.5) is 0 Å². The van der Waals surface area contributed by atoms with E-state index in [0.717, 1.165) is 4.80 Å². The molecule has 0 aliphatic carbocycles. The molecule has 3 aromatic rings. The van der Waals surface area contributed by atoms with Crippen molar-refractivity contribution in [3.05, 3.63) is 59.1 Å².